The van der Waals surface area contributed by atoms with Crippen LogP contribution in [0, 0.1) is 5.92 Å². The number of benzene rings is 1. The van der Waals surface area contributed by atoms with Gasteiger partial charge >= 0.3 is 5.97 Å². The van der Waals surface area contributed by atoms with E-state index in [9.17, 15) is 9.59 Å². The first kappa shape index (κ1) is 17.6. The van der Waals surface area contributed by atoms with Gasteiger partial charge in [-0.2, -0.15) is 0 Å². The summed E-state index contributed by atoms with van der Waals surface area (Å²) in [4.78, 5) is 23.5. The van der Waals surface area contributed by atoms with Gasteiger partial charge in [0.2, 0.25) is 0 Å². The number of hydrogen-bond acceptors (Lipinski definition) is 4. The fourth-order valence-corrected chi connectivity index (χ4v) is 1.92. The summed E-state index contributed by atoms with van der Waals surface area (Å²) in [6.45, 7) is 5.44. The molecule has 1 rings (SSSR count). The Morgan fingerprint density at radius 3 is 2.48 bits per heavy atom. The first-order valence-electron chi connectivity index (χ1n) is 6.43. The summed E-state index contributed by atoms with van der Waals surface area (Å²) in [7, 11) is 0. The van der Waals surface area contributed by atoms with Crippen molar-refractivity contribution < 1.29 is 14.3 Å². The van der Waals surface area contributed by atoms with Crippen LogP contribution in [0.3, 0.4) is 0 Å². The number of anilines is 1. The summed E-state index contributed by atoms with van der Waals surface area (Å²) >= 11 is 11.6. The fourth-order valence-electron chi connectivity index (χ4n) is 1.42. The molecule has 0 unspecified atom stereocenters. The standard InChI is InChI=1S/C14H18Cl2N2O3/c1-7(2)8(3)18-12(19)6-21-14(20)10-4-9(15)5-11(16)13(10)17/h4-5,7-8H,6,17H2,1-3H3,(H,18,19)/t8-/m1/s1. The predicted molar refractivity (Wildman–Crippen MR) is 83.6 cm³/mol. The number of carbonyl (C=O) groups is 2. The molecule has 3 N–H and O–H groups in total. The molecule has 7 heteroatoms. The molecular formula is C14H18Cl2N2O3. The third-order valence-electron chi connectivity index (χ3n) is 3.04. The monoisotopic (exact) mass is 332 g/mol. The van der Waals surface area contributed by atoms with Crippen molar-refractivity contribution in [2.24, 2.45) is 5.92 Å². The van der Waals surface area contributed by atoms with E-state index in [4.69, 9.17) is 33.7 Å². The van der Waals surface area contributed by atoms with Crippen LogP contribution in [-0.4, -0.2) is 24.5 Å². The Labute approximate surface area is 133 Å². The molecule has 116 valence electrons. The van der Waals surface area contributed by atoms with Crippen molar-refractivity contribution in [3.05, 3.63) is 27.7 Å². The van der Waals surface area contributed by atoms with E-state index in [1.807, 2.05) is 20.8 Å². The van der Waals surface area contributed by atoms with E-state index in [2.05, 4.69) is 5.32 Å². The third kappa shape index (κ3) is 5.10. The average Bonchev–Trinajstić information content (AvgIpc) is 2.39. The fraction of sp³-hybridized carbons (Fsp3) is 0.429. The maximum Gasteiger partial charge on any atom is 0.340 e. The van der Waals surface area contributed by atoms with Crippen molar-refractivity contribution in [1.82, 2.24) is 5.32 Å². The van der Waals surface area contributed by atoms with E-state index in [1.54, 1.807) is 0 Å². The van der Waals surface area contributed by atoms with E-state index < -0.39 is 5.97 Å². The number of halogens is 2. The van der Waals surface area contributed by atoms with Crippen LogP contribution in [0.1, 0.15) is 31.1 Å². The van der Waals surface area contributed by atoms with Crippen LogP contribution in [0.4, 0.5) is 5.69 Å². The summed E-state index contributed by atoms with van der Waals surface area (Å²) in [6.07, 6.45) is 0. The highest BCUT2D eigenvalue weighted by atomic mass is 35.5. The molecule has 0 spiro atoms. The zero-order chi connectivity index (χ0) is 16.2. The number of rotatable bonds is 5. The summed E-state index contributed by atoms with van der Waals surface area (Å²) in [5.74, 6) is -0.840. The lowest BCUT2D eigenvalue weighted by Crippen LogP contribution is -2.38. The second-order valence-corrected chi connectivity index (χ2v) is 5.87. The number of amides is 1. The molecule has 0 fully saturated rings. The molecule has 0 aliphatic carbocycles. The van der Waals surface area contributed by atoms with Gasteiger partial charge in [0.25, 0.3) is 5.91 Å². The molecule has 0 aliphatic rings. The smallest absolute Gasteiger partial charge is 0.340 e. The summed E-state index contributed by atoms with van der Waals surface area (Å²) in [5, 5.41) is 3.15. The lowest BCUT2D eigenvalue weighted by atomic mass is 10.1. The Morgan fingerprint density at radius 1 is 1.29 bits per heavy atom. The largest absolute Gasteiger partial charge is 0.452 e. The highest BCUT2D eigenvalue weighted by Crippen LogP contribution is 2.27. The van der Waals surface area contributed by atoms with Crippen molar-refractivity contribution in [1.29, 1.82) is 0 Å². The van der Waals surface area contributed by atoms with Crippen molar-refractivity contribution in [2.75, 3.05) is 12.3 Å². The SMILES string of the molecule is CC(C)[C@@H](C)NC(=O)COC(=O)c1cc(Cl)cc(Cl)c1N. The Balaban J connectivity index is 2.65. The second kappa shape index (κ2) is 7.52. The van der Waals surface area contributed by atoms with Gasteiger partial charge in [0, 0.05) is 11.1 Å². The van der Waals surface area contributed by atoms with E-state index in [-0.39, 0.29) is 45.8 Å². The zero-order valence-corrected chi connectivity index (χ0v) is 13.6. The van der Waals surface area contributed by atoms with Crippen LogP contribution in [0.25, 0.3) is 0 Å². The molecule has 5 nitrogen and oxygen atoms in total. The number of nitrogens with two attached hydrogens (primary N) is 1. The Hall–Kier alpha value is -1.46. The number of nitrogens with one attached hydrogen (secondary N) is 1. The Morgan fingerprint density at radius 2 is 1.90 bits per heavy atom. The number of nitrogen functional groups attached to an aromatic ring is 1. The zero-order valence-electron chi connectivity index (χ0n) is 12.1. The minimum absolute atomic E-state index is 0.0121. The molecule has 0 aromatic heterocycles. The van der Waals surface area contributed by atoms with Gasteiger partial charge in [-0.25, -0.2) is 4.79 Å². The molecule has 0 heterocycles. The number of carbonyl (C=O) groups excluding carboxylic acids is 2. The first-order valence-corrected chi connectivity index (χ1v) is 7.19. The molecule has 1 aromatic carbocycles. The van der Waals surface area contributed by atoms with E-state index in [0.29, 0.717) is 0 Å². The van der Waals surface area contributed by atoms with Gasteiger partial charge < -0.3 is 15.8 Å². The van der Waals surface area contributed by atoms with Crippen LogP contribution < -0.4 is 11.1 Å². The van der Waals surface area contributed by atoms with Gasteiger partial charge in [-0.15, -0.1) is 0 Å². The lowest BCUT2D eigenvalue weighted by molar-refractivity contribution is -0.125. The molecule has 1 amide bonds. The number of hydrogen-bond donors (Lipinski definition) is 2. The normalized spacial score (nSPS) is 12.1. The third-order valence-corrected chi connectivity index (χ3v) is 3.57. The molecule has 0 bridgehead atoms. The Bertz CT molecular complexity index is 547. The van der Waals surface area contributed by atoms with Crippen molar-refractivity contribution in [3.63, 3.8) is 0 Å². The van der Waals surface area contributed by atoms with Gasteiger partial charge in [0.1, 0.15) is 0 Å². The van der Waals surface area contributed by atoms with E-state index >= 15 is 0 Å². The van der Waals surface area contributed by atoms with E-state index in [0.717, 1.165) is 0 Å². The first-order chi connectivity index (χ1) is 9.72. The van der Waals surface area contributed by atoms with Crippen LogP contribution in [0.15, 0.2) is 12.1 Å². The van der Waals surface area contributed by atoms with Crippen LogP contribution in [-0.2, 0) is 9.53 Å². The molecule has 0 saturated carbocycles. The number of ether oxygens (including phenoxy) is 1. The van der Waals surface area contributed by atoms with Gasteiger partial charge in [-0.1, -0.05) is 37.0 Å². The molecule has 0 aliphatic heterocycles. The summed E-state index contributed by atoms with van der Waals surface area (Å²) < 4.78 is 4.91. The van der Waals surface area contributed by atoms with Gasteiger partial charge in [-0.3, -0.25) is 4.79 Å². The van der Waals surface area contributed by atoms with Crippen LogP contribution in [0.5, 0.6) is 0 Å². The van der Waals surface area contributed by atoms with Gasteiger partial charge in [-0.05, 0) is 25.0 Å². The molecule has 1 aromatic rings. The second-order valence-electron chi connectivity index (χ2n) is 5.03. The molecule has 0 radical (unpaired) electrons. The number of esters is 1. The van der Waals surface area contributed by atoms with Crippen LogP contribution in [0.2, 0.25) is 10.0 Å². The minimum Gasteiger partial charge on any atom is -0.452 e. The van der Waals surface area contributed by atoms with Crippen molar-refractivity contribution in [3.8, 4) is 0 Å². The molecule has 21 heavy (non-hydrogen) atoms. The highest BCUT2D eigenvalue weighted by molar-refractivity contribution is 6.37. The van der Waals surface area contributed by atoms with Crippen molar-refractivity contribution in [2.45, 2.75) is 26.8 Å². The molecular weight excluding hydrogens is 315 g/mol. The topological polar surface area (TPSA) is 81.4 Å². The lowest BCUT2D eigenvalue weighted by Gasteiger charge is -2.17. The quantitative estimate of drug-likeness (QED) is 0.641. The maximum absolute atomic E-state index is 11.9. The Kier molecular flexibility index (Phi) is 6.30. The van der Waals surface area contributed by atoms with E-state index in [1.165, 1.54) is 12.1 Å². The van der Waals surface area contributed by atoms with Gasteiger partial charge in [0.05, 0.1) is 16.3 Å². The van der Waals surface area contributed by atoms with Crippen molar-refractivity contribution >= 4 is 40.8 Å². The maximum atomic E-state index is 11.9. The summed E-state index contributed by atoms with van der Waals surface area (Å²) in [5.41, 5.74) is 5.80. The average molecular weight is 333 g/mol. The van der Waals surface area contributed by atoms with Gasteiger partial charge in [0.15, 0.2) is 6.61 Å². The molecule has 1 atom stereocenters. The highest BCUT2D eigenvalue weighted by Gasteiger charge is 2.17. The van der Waals surface area contributed by atoms with Crippen LogP contribution >= 0.6 is 23.2 Å². The predicted octanol–water partition coefficient (Wildman–Crippen LogP) is 2.89. The minimum atomic E-state index is -0.746. The molecule has 0 saturated heterocycles. The summed E-state index contributed by atoms with van der Waals surface area (Å²) in [6, 6.07) is 2.76.